The quantitative estimate of drug-likeness (QED) is 0.301. The minimum absolute atomic E-state index is 0.0907. The number of esters is 1. The van der Waals surface area contributed by atoms with Gasteiger partial charge in [0.25, 0.3) is 0 Å². The summed E-state index contributed by atoms with van der Waals surface area (Å²) in [6.45, 7) is 7.48. The fourth-order valence-electron chi connectivity index (χ4n) is 4.42. The van der Waals surface area contributed by atoms with Crippen LogP contribution >= 0.6 is 0 Å². The van der Waals surface area contributed by atoms with Crippen molar-refractivity contribution in [2.75, 3.05) is 38.2 Å². The summed E-state index contributed by atoms with van der Waals surface area (Å²) in [7, 11) is 0. The highest BCUT2D eigenvalue weighted by Gasteiger charge is 2.42. The Morgan fingerprint density at radius 1 is 1.21 bits per heavy atom. The molecule has 11 heteroatoms. The van der Waals surface area contributed by atoms with Gasteiger partial charge in [-0.05, 0) is 63.2 Å². The summed E-state index contributed by atoms with van der Waals surface area (Å²) in [6.07, 6.45) is 4.33. The first-order valence-electron chi connectivity index (χ1n) is 12.6. The lowest BCUT2D eigenvalue weighted by Gasteiger charge is -2.34. The number of halogens is 1. The molecule has 2 saturated heterocycles. The third kappa shape index (κ3) is 5.74. The van der Waals surface area contributed by atoms with Crippen LogP contribution in [0.1, 0.15) is 31.9 Å². The first kappa shape index (κ1) is 26.0. The van der Waals surface area contributed by atoms with Crippen LogP contribution in [0.2, 0.25) is 0 Å². The third-order valence-corrected chi connectivity index (χ3v) is 6.58. The average Bonchev–Trinajstić information content (AvgIpc) is 3.39. The van der Waals surface area contributed by atoms with Crippen molar-refractivity contribution in [3.05, 3.63) is 60.8 Å². The lowest BCUT2D eigenvalue weighted by atomic mass is 9.92. The predicted octanol–water partition coefficient (Wildman–Crippen LogP) is 3.62. The zero-order chi connectivity index (χ0) is 26.5. The van der Waals surface area contributed by atoms with Gasteiger partial charge in [0.05, 0.1) is 30.3 Å². The fourth-order valence-corrected chi connectivity index (χ4v) is 4.42. The number of nitrogens with zero attached hydrogens (tertiary/aromatic N) is 3. The molecular weight excluding hydrogens is 491 g/mol. The van der Waals surface area contributed by atoms with E-state index in [2.05, 4.69) is 27.2 Å². The van der Waals surface area contributed by atoms with E-state index >= 15 is 0 Å². The normalized spacial score (nSPS) is 22.1. The van der Waals surface area contributed by atoms with Crippen molar-refractivity contribution < 1.29 is 23.4 Å². The monoisotopic (exact) mass is 522 g/mol. The molecule has 3 aromatic rings. The van der Waals surface area contributed by atoms with Crippen molar-refractivity contribution in [2.24, 2.45) is 5.41 Å². The Morgan fingerprint density at radius 3 is 2.66 bits per heavy atom. The number of ether oxygens (including phenoxy) is 3. The topological polar surface area (TPSA) is 123 Å². The average molecular weight is 523 g/mol. The van der Waals surface area contributed by atoms with Gasteiger partial charge in [-0.2, -0.15) is 0 Å². The molecule has 0 spiro atoms. The van der Waals surface area contributed by atoms with E-state index in [-0.39, 0.29) is 31.7 Å². The second-order valence-electron chi connectivity index (χ2n) is 9.69. The van der Waals surface area contributed by atoms with Crippen molar-refractivity contribution in [1.82, 2.24) is 25.3 Å². The van der Waals surface area contributed by atoms with Crippen LogP contribution < -0.4 is 10.6 Å². The number of carbonyl (C=O) groups is 1. The van der Waals surface area contributed by atoms with Gasteiger partial charge in [0.15, 0.2) is 5.82 Å². The highest BCUT2D eigenvalue weighted by atomic mass is 19.1. The maximum absolute atomic E-state index is 13.7. The number of aromatic amines is 1. The lowest BCUT2D eigenvalue weighted by molar-refractivity contribution is -0.238. The number of rotatable bonds is 8. The number of benzene rings is 1. The van der Waals surface area contributed by atoms with Crippen molar-refractivity contribution >= 4 is 11.9 Å². The largest absolute Gasteiger partial charge is 0.461 e. The highest BCUT2D eigenvalue weighted by Crippen LogP contribution is 2.36. The van der Waals surface area contributed by atoms with Crippen molar-refractivity contribution in [1.29, 1.82) is 0 Å². The molecule has 0 unspecified atom stereocenters. The van der Waals surface area contributed by atoms with Crippen LogP contribution in [0.5, 0.6) is 0 Å². The Hall–Kier alpha value is -3.67. The van der Waals surface area contributed by atoms with Crippen molar-refractivity contribution in [3.63, 3.8) is 0 Å². The molecule has 0 amide bonds. The minimum Gasteiger partial charge on any atom is -0.461 e. The molecule has 2 aliphatic heterocycles. The van der Waals surface area contributed by atoms with Gasteiger partial charge in [-0.25, -0.2) is 19.3 Å². The van der Waals surface area contributed by atoms with Gasteiger partial charge in [-0.15, -0.1) is 0 Å². The number of hydrogen-bond acceptors (Lipinski definition) is 9. The molecule has 2 fully saturated rings. The zero-order valence-corrected chi connectivity index (χ0v) is 21.2. The number of nitrogens with one attached hydrogen (secondary N) is 3. The summed E-state index contributed by atoms with van der Waals surface area (Å²) in [5, 5.41) is 6.76. The minimum atomic E-state index is -0.948. The van der Waals surface area contributed by atoms with E-state index in [1.54, 1.807) is 31.3 Å². The Balaban J connectivity index is 1.41. The van der Waals surface area contributed by atoms with Gasteiger partial charge >= 0.3 is 5.97 Å². The molecule has 38 heavy (non-hydrogen) atoms. The number of aromatic nitrogens is 4. The number of carbonyl (C=O) groups excluding carboxylic acids is 1. The highest BCUT2D eigenvalue weighted by molar-refractivity contribution is 5.78. The van der Waals surface area contributed by atoms with Gasteiger partial charge in [0, 0.05) is 17.8 Å². The maximum atomic E-state index is 13.7. The molecule has 2 aliphatic rings. The molecule has 0 aliphatic carbocycles. The Bertz CT molecular complexity index is 1270. The number of imidazole rings is 1. The number of hydrogen-bond donors (Lipinski definition) is 3. The van der Waals surface area contributed by atoms with Crippen LogP contribution in [0.3, 0.4) is 0 Å². The number of H-pyrrole nitrogens is 1. The molecule has 4 heterocycles. The summed E-state index contributed by atoms with van der Waals surface area (Å²) in [5.41, 5.74) is 1.55. The van der Waals surface area contributed by atoms with Crippen molar-refractivity contribution in [2.45, 2.75) is 32.1 Å². The number of piperidine rings is 1. The molecule has 2 aromatic heterocycles. The molecule has 0 bridgehead atoms. The lowest BCUT2D eigenvalue weighted by Crippen LogP contribution is -2.43. The van der Waals surface area contributed by atoms with Crippen LogP contribution in [-0.4, -0.2) is 64.9 Å². The van der Waals surface area contributed by atoms with E-state index in [1.807, 2.05) is 0 Å². The maximum Gasteiger partial charge on any atom is 0.316 e. The summed E-state index contributed by atoms with van der Waals surface area (Å²) < 4.78 is 30.7. The van der Waals surface area contributed by atoms with Crippen LogP contribution in [0.15, 0.2) is 49.2 Å². The molecule has 3 N–H and O–H groups in total. The van der Waals surface area contributed by atoms with Crippen LogP contribution in [0.4, 0.5) is 10.3 Å². The van der Waals surface area contributed by atoms with Gasteiger partial charge in [0.2, 0.25) is 12.2 Å². The molecule has 200 valence electrons. The fraction of sp³-hybridized carbons (Fsp3) is 0.407. The predicted molar refractivity (Wildman–Crippen MR) is 138 cm³/mol. The van der Waals surface area contributed by atoms with E-state index in [1.165, 1.54) is 18.2 Å². The van der Waals surface area contributed by atoms with E-state index in [0.717, 1.165) is 25.9 Å². The van der Waals surface area contributed by atoms with E-state index in [4.69, 9.17) is 24.2 Å². The van der Waals surface area contributed by atoms with Crippen LogP contribution in [0.25, 0.3) is 22.6 Å². The third-order valence-electron chi connectivity index (χ3n) is 6.58. The molecule has 0 atom stereocenters. The van der Waals surface area contributed by atoms with Gasteiger partial charge in [0.1, 0.15) is 17.8 Å². The van der Waals surface area contributed by atoms with Crippen LogP contribution in [0, 0.1) is 11.2 Å². The molecule has 0 saturated carbocycles. The smallest absolute Gasteiger partial charge is 0.316 e. The summed E-state index contributed by atoms with van der Waals surface area (Å²) in [4.78, 5) is 29.6. The van der Waals surface area contributed by atoms with Crippen LogP contribution in [-0.2, 0) is 19.0 Å². The van der Waals surface area contributed by atoms with Crippen molar-refractivity contribution in [3.8, 4) is 22.6 Å². The summed E-state index contributed by atoms with van der Waals surface area (Å²) in [5.74, 6) is 0.169. The second kappa shape index (κ2) is 11.4. The Kier molecular flexibility index (Phi) is 7.77. The van der Waals surface area contributed by atoms with Gasteiger partial charge < -0.3 is 29.8 Å². The zero-order valence-electron chi connectivity index (χ0n) is 21.2. The standard InChI is InChI=1S/C27H31FN6O4/c1-3-14-36-25(35)27(2)15-37-24(38-16-27)23-33-21(17-4-6-18(28)7-5-17)22(34-23)20-10-13-30-26(32-20)31-19-8-11-29-12-9-19/h3-7,10,13,19,24,29H,1,8-9,11-12,14-16H2,2H3,(H,33,34)(H,30,31,32). The van der Waals surface area contributed by atoms with E-state index in [0.29, 0.717) is 34.4 Å². The SMILES string of the molecule is C=CCOC(=O)C1(C)COC(c2nc(-c3ccc(F)cc3)c(-c3ccnc(NC4CCNCC4)n3)[nH]2)OC1. The molecular formula is C27H31FN6O4. The first-order chi connectivity index (χ1) is 18.4. The van der Waals surface area contributed by atoms with Gasteiger partial charge in [-0.3, -0.25) is 4.79 Å². The first-order valence-corrected chi connectivity index (χ1v) is 12.6. The molecule has 5 rings (SSSR count). The molecule has 0 radical (unpaired) electrons. The molecule has 1 aromatic carbocycles. The second-order valence-corrected chi connectivity index (χ2v) is 9.69. The van der Waals surface area contributed by atoms with E-state index in [9.17, 15) is 9.18 Å². The summed E-state index contributed by atoms with van der Waals surface area (Å²) >= 11 is 0. The number of anilines is 1. The Labute approximate surface area is 220 Å². The van der Waals surface area contributed by atoms with Gasteiger partial charge in [-0.1, -0.05) is 12.7 Å². The Morgan fingerprint density at radius 2 is 1.95 bits per heavy atom. The van der Waals surface area contributed by atoms with E-state index < -0.39 is 17.7 Å². The summed E-state index contributed by atoms with van der Waals surface area (Å²) in [6, 6.07) is 8.15. The molecule has 10 nitrogen and oxygen atoms in total.